The topological polar surface area (TPSA) is 108 Å². The van der Waals surface area contributed by atoms with Gasteiger partial charge in [0, 0.05) is 6.42 Å². The van der Waals surface area contributed by atoms with Crippen molar-refractivity contribution in [3.63, 3.8) is 0 Å². The van der Waals surface area contributed by atoms with Crippen LogP contribution in [0.15, 0.2) is 97.2 Å². The molecule has 1 amide bonds. The van der Waals surface area contributed by atoms with Gasteiger partial charge in [0.05, 0.1) is 39.9 Å². The van der Waals surface area contributed by atoms with Crippen molar-refractivity contribution >= 4 is 13.7 Å². The van der Waals surface area contributed by atoms with Crippen LogP contribution in [0.1, 0.15) is 271 Å². The molecule has 0 aliphatic heterocycles. The van der Waals surface area contributed by atoms with Crippen LogP contribution in [-0.4, -0.2) is 68.5 Å². The minimum absolute atomic E-state index is 0.0144. The first-order valence-electron chi connectivity index (χ1n) is 31.6. The van der Waals surface area contributed by atoms with Gasteiger partial charge in [-0.3, -0.25) is 9.36 Å². The highest BCUT2D eigenvalue weighted by molar-refractivity contribution is 7.45. The summed E-state index contributed by atoms with van der Waals surface area (Å²) in [5.41, 5.74) is 0. The molecule has 3 atom stereocenters. The van der Waals surface area contributed by atoms with Gasteiger partial charge in [-0.05, 0) is 83.5 Å². The molecule has 9 heteroatoms. The fourth-order valence-electron chi connectivity index (χ4n) is 8.88. The Labute approximate surface area is 470 Å². The molecule has 0 fully saturated rings. The fourth-order valence-corrected chi connectivity index (χ4v) is 9.60. The monoisotopic (exact) mass is 1080 g/mol. The molecule has 0 bridgehead atoms. The number of phosphoric acid groups is 1. The largest absolute Gasteiger partial charge is 0.756 e. The molecule has 0 aliphatic rings. The lowest BCUT2D eigenvalue weighted by atomic mass is 10.0. The molecule has 2 N–H and O–H groups in total. The number of hydrogen-bond donors (Lipinski definition) is 2. The molecule has 0 aromatic carbocycles. The van der Waals surface area contributed by atoms with Gasteiger partial charge in [-0.25, -0.2) is 0 Å². The van der Waals surface area contributed by atoms with E-state index in [0.717, 1.165) is 103 Å². The second-order valence-electron chi connectivity index (χ2n) is 22.4. The number of carbonyl (C=O) groups excluding carboxylic acids is 1. The highest BCUT2D eigenvalue weighted by Gasteiger charge is 2.23. The second kappa shape index (κ2) is 57.1. The Hall–Kier alpha value is -2.58. The lowest BCUT2D eigenvalue weighted by molar-refractivity contribution is -0.870. The van der Waals surface area contributed by atoms with E-state index in [1.807, 2.05) is 27.2 Å². The van der Waals surface area contributed by atoms with Gasteiger partial charge in [-0.15, -0.1) is 0 Å². The number of unbranched alkanes of at least 4 members (excludes halogenated alkanes) is 30. The standard InChI is InChI=1S/C67H121N2O6P/c1-6-8-10-12-14-16-18-20-22-24-26-28-30-32-33-34-35-37-38-40-42-44-46-48-50-52-54-56-58-60-66(70)65(64-75-76(72,73)74-63-62-69(3,4)5)68-67(71)61-59-57-55-53-51-49-47-45-43-41-39-36-31-29-27-25-23-21-19-17-15-13-11-9-7-2/h9,11,15,17,21,23,27,29,36,39,43,45,50,52,58,60,65-66,70H,6-8,10,12-14,16,18-20,22,24-26,28,30-35,37-38,40-42,44,46-49,51,53-57,59,61-64H2,1-5H3,(H-,68,71,72,73)/b11-9-,17-15-,23-21-,29-27-,39-36-,45-43-,52-50+,60-58+. The summed E-state index contributed by atoms with van der Waals surface area (Å²) < 4.78 is 23.4. The summed E-state index contributed by atoms with van der Waals surface area (Å²) in [6, 6.07) is -0.920. The maximum Gasteiger partial charge on any atom is 0.268 e. The molecule has 76 heavy (non-hydrogen) atoms. The summed E-state index contributed by atoms with van der Waals surface area (Å²) in [4.78, 5) is 25.6. The van der Waals surface area contributed by atoms with Crippen molar-refractivity contribution < 1.29 is 32.9 Å². The van der Waals surface area contributed by atoms with Gasteiger partial charge in [-0.2, -0.15) is 0 Å². The maximum atomic E-state index is 13.0. The van der Waals surface area contributed by atoms with Gasteiger partial charge in [0.1, 0.15) is 13.2 Å². The van der Waals surface area contributed by atoms with Crippen molar-refractivity contribution in [1.82, 2.24) is 5.32 Å². The molecule has 0 saturated heterocycles. The molecular weight excluding hydrogens is 960 g/mol. The van der Waals surface area contributed by atoms with Crippen LogP contribution in [0.2, 0.25) is 0 Å². The van der Waals surface area contributed by atoms with Gasteiger partial charge in [0.2, 0.25) is 5.91 Å². The zero-order chi connectivity index (χ0) is 55.6. The Morgan fingerprint density at radius 3 is 1.22 bits per heavy atom. The van der Waals surface area contributed by atoms with Crippen LogP contribution >= 0.6 is 7.82 Å². The van der Waals surface area contributed by atoms with E-state index < -0.39 is 26.6 Å². The quantitative estimate of drug-likeness (QED) is 0.0272. The van der Waals surface area contributed by atoms with E-state index in [9.17, 15) is 19.4 Å². The normalized spacial score (nSPS) is 14.5. The molecule has 440 valence electrons. The summed E-state index contributed by atoms with van der Waals surface area (Å²) >= 11 is 0. The van der Waals surface area contributed by atoms with Crippen LogP contribution in [0.25, 0.3) is 0 Å². The Balaban J connectivity index is 4.24. The lowest BCUT2D eigenvalue weighted by Gasteiger charge is -2.29. The number of allylic oxidation sites excluding steroid dienone is 15. The van der Waals surface area contributed by atoms with Crippen molar-refractivity contribution in [2.45, 2.75) is 283 Å². The zero-order valence-electron chi connectivity index (χ0n) is 50.2. The molecule has 0 heterocycles. The SMILES string of the molecule is CC/C=C\C/C=C\C/C=C\C/C=C\C/C=C\C/C=C\CCCCCCCCC(=O)NC(COP(=O)([O-])OCC[N+](C)(C)C)C(O)/C=C/CC/C=C/CCCCCCCCCCCCCCCCCCCCCCCCC. The third-order valence-corrected chi connectivity index (χ3v) is 14.7. The lowest BCUT2D eigenvalue weighted by Crippen LogP contribution is -2.45. The van der Waals surface area contributed by atoms with E-state index >= 15 is 0 Å². The molecule has 0 rings (SSSR count). The molecule has 0 aromatic heterocycles. The number of nitrogens with one attached hydrogen (secondary N) is 1. The summed E-state index contributed by atoms with van der Waals surface area (Å²) in [6.45, 7) is 4.52. The molecule has 8 nitrogen and oxygen atoms in total. The van der Waals surface area contributed by atoms with Gasteiger partial charge >= 0.3 is 0 Å². The van der Waals surface area contributed by atoms with E-state index in [1.165, 1.54) is 148 Å². The molecule has 3 unspecified atom stereocenters. The molecule has 0 saturated carbocycles. The first kappa shape index (κ1) is 73.4. The van der Waals surface area contributed by atoms with Crippen LogP contribution in [0.3, 0.4) is 0 Å². The number of aliphatic hydroxyl groups excluding tert-OH is 1. The van der Waals surface area contributed by atoms with Crippen LogP contribution < -0.4 is 10.2 Å². The molecular formula is C67H121N2O6P. The van der Waals surface area contributed by atoms with Gasteiger partial charge in [-0.1, -0.05) is 278 Å². The number of aliphatic hydroxyl groups is 1. The first-order valence-corrected chi connectivity index (χ1v) is 33.1. The number of amides is 1. The van der Waals surface area contributed by atoms with Crippen molar-refractivity contribution in [2.75, 3.05) is 40.9 Å². The van der Waals surface area contributed by atoms with E-state index in [2.05, 4.69) is 104 Å². The van der Waals surface area contributed by atoms with E-state index in [1.54, 1.807) is 6.08 Å². The number of phosphoric ester groups is 1. The number of quaternary nitrogens is 1. The fraction of sp³-hybridized carbons (Fsp3) is 0.746. The van der Waals surface area contributed by atoms with Crippen LogP contribution in [-0.2, 0) is 18.4 Å². The third-order valence-electron chi connectivity index (χ3n) is 13.8. The van der Waals surface area contributed by atoms with Crippen LogP contribution in [0.5, 0.6) is 0 Å². The third kappa shape index (κ3) is 59.1. The van der Waals surface area contributed by atoms with Gasteiger partial charge in [0.15, 0.2) is 0 Å². The van der Waals surface area contributed by atoms with Crippen molar-refractivity contribution in [1.29, 1.82) is 0 Å². The van der Waals surface area contributed by atoms with Crippen LogP contribution in [0, 0.1) is 0 Å². The average molecular weight is 1080 g/mol. The number of rotatable bonds is 57. The summed E-state index contributed by atoms with van der Waals surface area (Å²) in [6.07, 6.45) is 82.2. The first-order chi connectivity index (χ1) is 37.0. The number of hydrogen-bond acceptors (Lipinski definition) is 6. The molecule has 0 spiro atoms. The van der Waals surface area contributed by atoms with Gasteiger partial charge < -0.3 is 28.8 Å². The Morgan fingerprint density at radius 1 is 0.474 bits per heavy atom. The number of carbonyl (C=O) groups is 1. The Bertz CT molecular complexity index is 1560. The smallest absolute Gasteiger partial charge is 0.268 e. The second-order valence-corrected chi connectivity index (χ2v) is 23.8. The zero-order valence-corrected chi connectivity index (χ0v) is 51.1. The van der Waals surface area contributed by atoms with E-state index in [0.29, 0.717) is 17.4 Å². The number of likely N-dealkylation sites (N-methyl/N-ethyl adjacent to an activating group) is 1. The Morgan fingerprint density at radius 2 is 0.816 bits per heavy atom. The summed E-state index contributed by atoms with van der Waals surface area (Å²) in [5.74, 6) is -0.223. The van der Waals surface area contributed by atoms with Crippen molar-refractivity contribution in [3.05, 3.63) is 97.2 Å². The summed E-state index contributed by atoms with van der Waals surface area (Å²) in [5, 5.41) is 13.9. The predicted molar refractivity (Wildman–Crippen MR) is 329 cm³/mol. The highest BCUT2D eigenvalue weighted by Crippen LogP contribution is 2.38. The molecule has 0 radical (unpaired) electrons. The maximum absolute atomic E-state index is 13.0. The van der Waals surface area contributed by atoms with E-state index in [4.69, 9.17) is 9.05 Å². The average Bonchev–Trinajstić information content (AvgIpc) is 3.38. The predicted octanol–water partition coefficient (Wildman–Crippen LogP) is 19.1. The highest BCUT2D eigenvalue weighted by atomic mass is 31.2. The number of nitrogens with zero attached hydrogens (tertiary/aromatic N) is 1. The van der Waals surface area contributed by atoms with Crippen molar-refractivity contribution in [2.24, 2.45) is 0 Å². The minimum Gasteiger partial charge on any atom is -0.756 e. The van der Waals surface area contributed by atoms with Crippen molar-refractivity contribution in [3.8, 4) is 0 Å². The minimum atomic E-state index is -4.62. The van der Waals surface area contributed by atoms with Gasteiger partial charge in [0.25, 0.3) is 7.82 Å². The molecule has 0 aliphatic carbocycles. The van der Waals surface area contributed by atoms with E-state index in [-0.39, 0.29) is 12.5 Å². The molecule has 0 aromatic rings. The summed E-state index contributed by atoms with van der Waals surface area (Å²) in [7, 11) is 1.22. The Kier molecular flexibility index (Phi) is 55.2. The van der Waals surface area contributed by atoms with Crippen LogP contribution in [0.4, 0.5) is 0 Å².